The van der Waals surface area contributed by atoms with E-state index in [2.05, 4.69) is 0 Å². The molecule has 1 aromatic rings. The van der Waals surface area contributed by atoms with Crippen LogP contribution in [0.15, 0.2) is 18.2 Å². The Morgan fingerprint density at radius 2 is 2.00 bits per heavy atom. The summed E-state index contributed by atoms with van der Waals surface area (Å²) in [7, 11) is 0. The van der Waals surface area contributed by atoms with Gasteiger partial charge in [0.2, 0.25) is 0 Å². The van der Waals surface area contributed by atoms with Gasteiger partial charge in [-0.05, 0) is 18.6 Å². The molecule has 0 spiro atoms. The number of hydrogen-bond acceptors (Lipinski definition) is 1. The van der Waals surface area contributed by atoms with Gasteiger partial charge >= 0.3 is 0 Å². The van der Waals surface area contributed by atoms with Crippen molar-refractivity contribution in [2.45, 2.75) is 26.2 Å². The van der Waals surface area contributed by atoms with E-state index in [1.54, 1.807) is 6.07 Å². The summed E-state index contributed by atoms with van der Waals surface area (Å²) >= 11 is 0. The fraction of sp³-hybridized carbons (Fsp3) is 0.455. The lowest BCUT2D eigenvalue weighted by Gasteiger charge is -2.23. The molecule has 0 aromatic heterocycles. The van der Waals surface area contributed by atoms with Crippen molar-refractivity contribution in [3.8, 4) is 0 Å². The van der Waals surface area contributed by atoms with Gasteiger partial charge in [0.1, 0.15) is 5.82 Å². The SMILES string of the molecule is Cc1ccc(F)c(C(C)(C)CN)c1. The van der Waals surface area contributed by atoms with Crippen molar-refractivity contribution in [3.63, 3.8) is 0 Å². The van der Waals surface area contributed by atoms with E-state index in [9.17, 15) is 4.39 Å². The molecule has 1 nitrogen and oxygen atoms in total. The third-order valence-electron chi connectivity index (χ3n) is 2.36. The summed E-state index contributed by atoms with van der Waals surface area (Å²) in [5, 5.41) is 0. The number of nitrogens with two attached hydrogens (primary N) is 1. The van der Waals surface area contributed by atoms with Gasteiger partial charge in [0.15, 0.2) is 0 Å². The van der Waals surface area contributed by atoms with E-state index < -0.39 is 0 Å². The van der Waals surface area contributed by atoms with Gasteiger partial charge < -0.3 is 5.73 Å². The Kier molecular flexibility index (Phi) is 2.71. The van der Waals surface area contributed by atoms with Crippen LogP contribution in [0.4, 0.5) is 4.39 Å². The fourth-order valence-corrected chi connectivity index (χ4v) is 1.27. The lowest BCUT2D eigenvalue weighted by Crippen LogP contribution is -2.29. The van der Waals surface area contributed by atoms with Crippen LogP contribution in [-0.4, -0.2) is 6.54 Å². The Morgan fingerprint density at radius 3 is 2.54 bits per heavy atom. The van der Waals surface area contributed by atoms with Gasteiger partial charge in [0.25, 0.3) is 0 Å². The molecule has 0 saturated carbocycles. The first-order chi connectivity index (χ1) is 5.97. The molecule has 0 amide bonds. The summed E-state index contributed by atoms with van der Waals surface area (Å²) < 4.78 is 13.4. The van der Waals surface area contributed by atoms with Crippen LogP contribution >= 0.6 is 0 Å². The summed E-state index contributed by atoms with van der Waals surface area (Å²) in [5.74, 6) is -0.166. The summed E-state index contributed by atoms with van der Waals surface area (Å²) in [6.07, 6.45) is 0. The van der Waals surface area contributed by atoms with Crippen molar-refractivity contribution >= 4 is 0 Å². The molecule has 72 valence electrons. The Hall–Kier alpha value is -0.890. The molecular formula is C11H16FN. The quantitative estimate of drug-likeness (QED) is 0.744. The third-order valence-corrected chi connectivity index (χ3v) is 2.36. The van der Waals surface area contributed by atoms with Crippen LogP contribution in [0.1, 0.15) is 25.0 Å². The van der Waals surface area contributed by atoms with Crippen LogP contribution in [0.25, 0.3) is 0 Å². The summed E-state index contributed by atoms with van der Waals surface area (Å²) in [6, 6.07) is 5.13. The smallest absolute Gasteiger partial charge is 0.127 e. The normalized spacial score (nSPS) is 11.8. The molecule has 1 rings (SSSR count). The van der Waals surface area contributed by atoms with Crippen LogP contribution in [0.3, 0.4) is 0 Å². The van der Waals surface area contributed by atoms with Crippen molar-refractivity contribution in [3.05, 3.63) is 35.1 Å². The van der Waals surface area contributed by atoms with Crippen LogP contribution in [0.2, 0.25) is 0 Å². The van der Waals surface area contributed by atoms with Gasteiger partial charge in [-0.3, -0.25) is 0 Å². The maximum Gasteiger partial charge on any atom is 0.127 e. The van der Waals surface area contributed by atoms with Gasteiger partial charge in [-0.1, -0.05) is 31.5 Å². The first kappa shape index (κ1) is 10.2. The number of hydrogen-bond donors (Lipinski definition) is 1. The van der Waals surface area contributed by atoms with Crippen LogP contribution < -0.4 is 5.73 Å². The predicted molar refractivity (Wildman–Crippen MR) is 53.2 cm³/mol. The Labute approximate surface area is 78.8 Å². The first-order valence-corrected chi connectivity index (χ1v) is 4.44. The fourth-order valence-electron chi connectivity index (χ4n) is 1.27. The summed E-state index contributed by atoms with van der Waals surface area (Å²) in [6.45, 7) is 6.30. The molecule has 13 heavy (non-hydrogen) atoms. The van der Waals surface area contributed by atoms with E-state index in [1.807, 2.05) is 26.8 Å². The van der Waals surface area contributed by atoms with Crippen LogP contribution in [-0.2, 0) is 5.41 Å². The molecule has 2 heteroatoms. The van der Waals surface area contributed by atoms with Crippen molar-refractivity contribution in [2.75, 3.05) is 6.54 Å². The van der Waals surface area contributed by atoms with Gasteiger partial charge in [-0.15, -0.1) is 0 Å². The molecule has 0 aliphatic rings. The van der Waals surface area contributed by atoms with Crippen molar-refractivity contribution in [2.24, 2.45) is 5.73 Å². The van der Waals surface area contributed by atoms with Crippen molar-refractivity contribution in [1.29, 1.82) is 0 Å². The highest BCUT2D eigenvalue weighted by molar-refractivity contribution is 5.30. The molecule has 1 aromatic carbocycles. The molecule has 0 heterocycles. The van der Waals surface area contributed by atoms with E-state index in [4.69, 9.17) is 5.73 Å². The minimum absolute atomic E-state index is 0.166. The standard InChI is InChI=1S/C11H16FN/c1-8-4-5-10(12)9(6-8)11(2,3)7-13/h4-6H,7,13H2,1-3H3. The van der Waals surface area contributed by atoms with Gasteiger partial charge in [-0.25, -0.2) is 4.39 Å². The second-order valence-electron chi connectivity index (χ2n) is 4.07. The number of aryl methyl sites for hydroxylation is 1. The molecule has 2 N–H and O–H groups in total. The Morgan fingerprint density at radius 1 is 1.38 bits per heavy atom. The Balaban J connectivity index is 3.20. The molecule has 0 fully saturated rings. The zero-order valence-electron chi connectivity index (χ0n) is 8.39. The van der Waals surface area contributed by atoms with Gasteiger partial charge in [0.05, 0.1) is 0 Å². The number of halogens is 1. The van der Waals surface area contributed by atoms with E-state index >= 15 is 0 Å². The average molecular weight is 181 g/mol. The van der Waals surface area contributed by atoms with E-state index in [0.29, 0.717) is 12.1 Å². The van der Waals surface area contributed by atoms with Crippen molar-refractivity contribution < 1.29 is 4.39 Å². The molecule has 0 unspecified atom stereocenters. The number of benzene rings is 1. The minimum Gasteiger partial charge on any atom is -0.330 e. The predicted octanol–water partition coefficient (Wildman–Crippen LogP) is 2.37. The number of rotatable bonds is 2. The first-order valence-electron chi connectivity index (χ1n) is 4.44. The van der Waals surface area contributed by atoms with Gasteiger partial charge in [0, 0.05) is 12.0 Å². The highest BCUT2D eigenvalue weighted by Crippen LogP contribution is 2.25. The maximum atomic E-state index is 13.4. The van der Waals surface area contributed by atoms with Crippen LogP contribution in [0.5, 0.6) is 0 Å². The topological polar surface area (TPSA) is 26.0 Å². The molecule has 0 aliphatic heterocycles. The van der Waals surface area contributed by atoms with E-state index in [-0.39, 0.29) is 11.2 Å². The molecule has 0 radical (unpaired) electrons. The molecule has 0 bridgehead atoms. The largest absolute Gasteiger partial charge is 0.330 e. The molecular weight excluding hydrogens is 165 g/mol. The minimum atomic E-state index is -0.282. The average Bonchev–Trinajstić information content (AvgIpc) is 2.09. The maximum absolute atomic E-state index is 13.4. The Bertz CT molecular complexity index is 305. The lowest BCUT2D eigenvalue weighted by atomic mass is 9.84. The molecule has 0 atom stereocenters. The van der Waals surface area contributed by atoms with Crippen molar-refractivity contribution in [1.82, 2.24) is 0 Å². The van der Waals surface area contributed by atoms with Gasteiger partial charge in [-0.2, -0.15) is 0 Å². The van der Waals surface area contributed by atoms with Crippen LogP contribution in [0, 0.1) is 12.7 Å². The zero-order valence-corrected chi connectivity index (χ0v) is 8.39. The highest BCUT2D eigenvalue weighted by atomic mass is 19.1. The molecule has 0 saturated heterocycles. The lowest BCUT2D eigenvalue weighted by molar-refractivity contribution is 0.492. The second kappa shape index (κ2) is 3.46. The van der Waals surface area contributed by atoms with E-state index in [0.717, 1.165) is 5.56 Å². The summed E-state index contributed by atoms with van der Waals surface area (Å²) in [5.41, 5.74) is 7.08. The third kappa shape index (κ3) is 2.07. The molecule has 0 aliphatic carbocycles. The highest BCUT2D eigenvalue weighted by Gasteiger charge is 2.22. The second-order valence-corrected chi connectivity index (χ2v) is 4.07. The summed E-state index contributed by atoms with van der Waals surface area (Å²) in [4.78, 5) is 0. The zero-order chi connectivity index (χ0) is 10.1. The monoisotopic (exact) mass is 181 g/mol. The van der Waals surface area contributed by atoms with E-state index in [1.165, 1.54) is 6.07 Å².